The van der Waals surface area contributed by atoms with Gasteiger partial charge in [0.1, 0.15) is 11.2 Å². The van der Waals surface area contributed by atoms with Gasteiger partial charge in [-0.3, -0.25) is 10.1 Å². The molecule has 1 heterocycles. The van der Waals surface area contributed by atoms with Crippen LogP contribution >= 0.6 is 23.4 Å². The molecule has 1 aromatic rings. The Balaban J connectivity index is 2.64. The van der Waals surface area contributed by atoms with Gasteiger partial charge in [0.2, 0.25) is 0 Å². The second-order valence-electron chi connectivity index (χ2n) is 3.39. The summed E-state index contributed by atoms with van der Waals surface area (Å²) in [5.41, 5.74) is -0.0815. The summed E-state index contributed by atoms with van der Waals surface area (Å²) in [5.74, 6) is 0.845. The van der Waals surface area contributed by atoms with Crippen molar-refractivity contribution in [2.45, 2.75) is 5.03 Å². The summed E-state index contributed by atoms with van der Waals surface area (Å²) in [4.78, 5) is 16.0. The van der Waals surface area contributed by atoms with E-state index in [1.165, 1.54) is 24.0 Å². The van der Waals surface area contributed by atoms with Crippen molar-refractivity contribution in [1.29, 1.82) is 0 Å². The van der Waals surface area contributed by atoms with Gasteiger partial charge in [-0.15, -0.1) is 11.8 Å². The average Bonchev–Trinajstić information content (AvgIpc) is 2.19. The Bertz CT molecular complexity index is 387. The van der Waals surface area contributed by atoms with Crippen LogP contribution in [0.25, 0.3) is 0 Å². The molecule has 1 rings (SSSR count). The van der Waals surface area contributed by atoms with Crippen LogP contribution < -0.4 is 0 Å². The number of nitrogens with zero attached hydrogens (tertiary/aromatic N) is 3. The van der Waals surface area contributed by atoms with Crippen molar-refractivity contribution < 1.29 is 4.92 Å². The van der Waals surface area contributed by atoms with Crippen LogP contribution in [0.15, 0.2) is 17.3 Å². The van der Waals surface area contributed by atoms with Crippen molar-refractivity contribution in [3.05, 3.63) is 27.4 Å². The number of thioether (sulfide) groups is 1. The van der Waals surface area contributed by atoms with E-state index in [4.69, 9.17) is 11.6 Å². The first-order valence-corrected chi connectivity index (χ1v) is 5.94. The van der Waals surface area contributed by atoms with E-state index in [2.05, 4.69) is 4.98 Å². The summed E-state index contributed by atoms with van der Waals surface area (Å²) in [6.45, 7) is 0.902. The van der Waals surface area contributed by atoms with Crippen molar-refractivity contribution in [2.24, 2.45) is 0 Å². The molecule has 0 amide bonds. The van der Waals surface area contributed by atoms with E-state index in [0.717, 1.165) is 12.3 Å². The maximum absolute atomic E-state index is 10.5. The van der Waals surface area contributed by atoms with Crippen molar-refractivity contribution in [3.63, 3.8) is 0 Å². The van der Waals surface area contributed by atoms with Gasteiger partial charge < -0.3 is 4.90 Å². The topological polar surface area (TPSA) is 59.3 Å². The van der Waals surface area contributed by atoms with Crippen LogP contribution in [0.4, 0.5) is 5.69 Å². The van der Waals surface area contributed by atoms with Crippen LogP contribution in [0.3, 0.4) is 0 Å². The second kappa shape index (κ2) is 6.03. The highest BCUT2D eigenvalue weighted by atomic mass is 35.5. The SMILES string of the molecule is CN(C)CCSc1ncc([N+](=O)[O-])cc1Cl. The summed E-state index contributed by atoms with van der Waals surface area (Å²) in [6, 6.07) is 1.33. The average molecular weight is 262 g/mol. The lowest BCUT2D eigenvalue weighted by atomic mass is 10.4. The van der Waals surface area contributed by atoms with Gasteiger partial charge in [-0.1, -0.05) is 11.6 Å². The normalized spacial score (nSPS) is 10.8. The van der Waals surface area contributed by atoms with Crippen LogP contribution in [0.1, 0.15) is 0 Å². The summed E-state index contributed by atoms with van der Waals surface area (Å²) in [5, 5.41) is 11.4. The van der Waals surface area contributed by atoms with E-state index >= 15 is 0 Å². The minimum Gasteiger partial charge on any atom is -0.309 e. The van der Waals surface area contributed by atoms with Crippen molar-refractivity contribution in [3.8, 4) is 0 Å². The highest BCUT2D eigenvalue weighted by molar-refractivity contribution is 7.99. The summed E-state index contributed by atoms with van der Waals surface area (Å²) in [6.07, 6.45) is 1.23. The largest absolute Gasteiger partial charge is 0.309 e. The number of hydrogen-bond donors (Lipinski definition) is 0. The number of hydrogen-bond acceptors (Lipinski definition) is 5. The van der Waals surface area contributed by atoms with Crippen LogP contribution in [-0.4, -0.2) is 41.2 Å². The van der Waals surface area contributed by atoms with Crippen LogP contribution in [0, 0.1) is 10.1 Å². The first-order valence-electron chi connectivity index (χ1n) is 4.58. The molecule has 5 nitrogen and oxygen atoms in total. The van der Waals surface area contributed by atoms with Gasteiger partial charge in [0.05, 0.1) is 9.95 Å². The van der Waals surface area contributed by atoms with E-state index in [9.17, 15) is 10.1 Å². The second-order valence-corrected chi connectivity index (χ2v) is 4.88. The molecule has 0 fully saturated rings. The minimum absolute atomic E-state index is 0.0815. The minimum atomic E-state index is -0.507. The van der Waals surface area contributed by atoms with E-state index in [-0.39, 0.29) is 5.69 Å². The molecule has 0 saturated heterocycles. The van der Waals surface area contributed by atoms with E-state index in [1.54, 1.807) is 0 Å². The molecule has 7 heteroatoms. The fourth-order valence-corrected chi connectivity index (χ4v) is 2.24. The highest BCUT2D eigenvalue weighted by Crippen LogP contribution is 2.27. The summed E-state index contributed by atoms with van der Waals surface area (Å²) >= 11 is 7.38. The Kier molecular flexibility index (Phi) is 4.98. The quantitative estimate of drug-likeness (QED) is 0.462. The van der Waals surface area contributed by atoms with E-state index in [1.807, 2.05) is 19.0 Å². The predicted molar refractivity (Wildman–Crippen MR) is 65.2 cm³/mol. The van der Waals surface area contributed by atoms with Gasteiger partial charge in [0.25, 0.3) is 5.69 Å². The zero-order chi connectivity index (χ0) is 12.1. The number of rotatable bonds is 5. The molecular formula is C9H12ClN3O2S. The summed E-state index contributed by atoms with van der Waals surface area (Å²) in [7, 11) is 3.96. The smallest absolute Gasteiger partial charge is 0.289 e. The molecule has 1 aromatic heterocycles. The zero-order valence-electron chi connectivity index (χ0n) is 9.01. The molecule has 0 saturated carbocycles. The van der Waals surface area contributed by atoms with Gasteiger partial charge in [0, 0.05) is 18.4 Å². The molecule has 0 N–H and O–H groups in total. The molecule has 0 atom stereocenters. The van der Waals surface area contributed by atoms with Crippen LogP contribution in [0.5, 0.6) is 0 Å². The standard InChI is InChI=1S/C9H12ClN3O2S/c1-12(2)3-4-16-9-8(10)5-7(6-11-9)13(14)15/h5-6H,3-4H2,1-2H3. The van der Waals surface area contributed by atoms with Gasteiger partial charge in [-0.05, 0) is 14.1 Å². The fraction of sp³-hybridized carbons (Fsp3) is 0.444. The van der Waals surface area contributed by atoms with Gasteiger partial charge in [-0.25, -0.2) is 4.98 Å². The maximum Gasteiger partial charge on any atom is 0.289 e. The lowest BCUT2D eigenvalue weighted by molar-refractivity contribution is -0.385. The Morgan fingerprint density at radius 2 is 2.31 bits per heavy atom. The zero-order valence-corrected chi connectivity index (χ0v) is 10.6. The molecule has 16 heavy (non-hydrogen) atoms. The number of aromatic nitrogens is 1. The highest BCUT2D eigenvalue weighted by Gasteiger charge is 2.10. The molecule has 0 aromatic carbocycles. The summed E-state index contributed by atoms with van der Waals surface area (Å²) < 4.78 is 0. The third-order valence-electron chi connectivity index (χ3n) is 1.78. The molecule has 0 unspecified atom stereocenters. The van der Waals surface area contributed by atoms with E-state index in [0.29, 0.717) is 10.0 Å². The number of pyridine rings is 1. The fourth-order valence-electron chi connectivity index (χ4n) is 0.946. The van der Waals surface area contributed by atoms with Crippen molar-refractivity contribution >= 4 is 29.1 Å². The first-order chi connectivity index (χ1) is 7.50. The van der Waals surface area contributed by atoms with Crippen LogP contribution in [-0.2, 0) is 0 Å². The molecule has 0 spiro atoms. The number of halogens is 1. The molecule has 0 bridgehead atoms. The lowest BCUT2D eigenvalue weighted by Gasteiger charge is -2.08. The Morgan fingerprint density at radius 3 is 2.81 bits per heavy atom. The molecule has 0 aliphatic carbocycles. The van der Waals surface area contributed by atoms with Crippen LogP contribution in [0.2, 0.25) is 5.02 Å². The van der Waals surface area contributed by atoms with Crippen molar-refractivity contribution in [1.82, 2.24) is 9.88 Å². The Labute approximate surface area is 103 Å². The predicted octanol–water partition coefficient (Wildman–Crippen LogP) is 2.30. The van der Waals surface area contributed by atoms with E-state index < -0.39 is 4.92 Å². The third-order valence-corrected chi connectivity index (χ3v) is 3.17. The Hall–Kier alpha value is -0.850. The number of nitro groups is 1. The molecular weight excluding hydrogens is 250 g/mol. The molecule has 0 aliphatic rings. The lowest BCUT2D eigenvalue weighted by Crippen LogP contribution is -2.14. The maximum atomic E-state index is 10.5. The van der Waals surface area contributed by atoms with Crippen molar-refractivity contribution in [2.75, 3.05) is 26.4 Å². The Morgan fingerprint density at radius 1 is 1.62 bits per heavy atom. The molecule has 0 aliphatic heterocycles. The first kappa shape index (κ1) is 13.2. The van der Waals surface area contributed by atoms with Gasteiger partial charge in [-0.2, -0.15) is 0 Å². The van der Waals surface area contributed by atoms with Gasteiger partial charge in [0.15, 0.2) is 0 Å². The monoisotopic (exact) mass is 261 g/mol. The molecule has 0 radical (unpaired) electrons. The third kappa shape index (κ3) is 3.96. The van der Waals surface area contributed by atoms with Gasteiger partial charge >= 0.3 is 0 Å². The molecule has 88 valence electrons.